The third kappa shape index (κ3) is 23.8. The molecule has 6 atom stereocenters. The van der Waals surface area contributed by atoms with Crippen molar-refractivity contribution in [2.45, 2.75) is 211 Å². The van der Waals surface area contributed by atoms with Crippen LogP contribution in [0.4, 0.5) is 0 Å². The number of unbranched alkanes of at least 4 members (excludes halogenated alkanes) is 20. The van der Waals surface area contributed by atoms with Gasteiger partial charge in [-0.05, 0) is 38.5 Å². The number of esters is 2. The minimum atomic E-state index is -1.59. The maximum absolute atomic E-state index is 12.7. The van der Waals surface area contributed by atoms with Gasteiger partial charge in [0.2, 0.25) is 0 Å². The molecule has 1 heterocycles. The van der Waals surface area contributed by atoms with Crippen LogP contribution in [0.5, 0.6) is 0 Å². The van der Waals surface area contributed by atoms with Gasteiger partial charge in [-0.3, -0.25) is 9.59 Å². The van der Waals surface area contributed by atoms with Crippen molar-refractivity contribution in [1.82, 2.24) is 0 Å². The largest absolute Gasteiger partial charge is 0.462 e. The van der Waals surface area contributed by atoms with Crippen LogP contribution in [-0.4, -0.2) is 89.0 Å². The number of carbonyl (C=O) groups is 2. The van der Waals surface area contributed by atoms with Gasteiger partial charge >= 0.3 is 11.9 Å². The van der Waals surface area contributed by atoms with Crippen LogP contribution in [0.1, 0.15) is 174 Å². The van der Waals surface area contributed by atoms with Crippen molar-refractivity contribution in [3.8, 4) is 0 Å². The molecule has 1 aliphatic heterocycles. The lowest BCUT2D eigenvalue weighted by molar-refractivity contribution is -0.305. The zero-order valence-electron chi connectivity index (χ0n) is 31.7. The number of aliphatic hydroxyl groups is 4. The molecule has 0 saturated carbocycles. The Kier molecular flexibility index (Phi) is 29.8. The molecule has 1 saturated heterocycles. The van der Waals surface area contributed by atoms with E-state index in [9.17, 15) is 30.0 Å². The summed E-state index contributed by atoms with van der Waals surface area (Å²) < 4.78 is 22.0. The lowest BCUT2D eigenvalue weighted by atomic mass is 9.99. The Morgan fingerprint density at radius 1 is 0.600 bits per heavy atom. The van der Waals surface area contributed by atoms with Crippen LogP contribution in [-0.2, 0) is 28.5 Å². The number of hydrogen-bond donors (Lipinski definition) is 4. The molecule has 50 heavy (non-hydrogen) atoms. The third-order valence-corrected chi connectivity index (χ3v) is 9.40. The summed E-state index contributed by atoms with van der Waals surface area (Å²) in [6.07, 6.45) is 23.7. The first-order valence-corrected chi connectivity index (χ1v) is 20.3. The smallest absolute Gasteiger partial charge is 0.306 e. The normalized spacial score (nSPS) is 21.4. The summed E-state index contributed by atoms with van der Waals surface area (Å²) in [4.78, 5) is 25.1. The molecule has 0 spiro atoms. The average molecular weight is 715 g/mol. The van der Waals surface area contributed by atoms with Crippen LogP contribution >= 0.6 is 0 Å². The average Bonchev–Trinajstić information content (AvgIpc) is 3.11. The fourth-order valence-electron chi connectivity index (χ4n) is 6.12. The monoisotopic (exact) mass is 715 g/mol. The van der Waals surface area contributed by atoms with Crippen molar-refractivity contribution in [2.24, 2.45) is 0 Å². The Morgan fingerprint density at radius 2 is 1.06 bits per heavy atom. The van der Waals surface area contributed by atoms with Gasteiger partial charge in [-0.1, -0.05) is 135 Å². The molecule has 10 nitrogen and oxygen atoms in total. The quantitative estimate of drug-likeness (QED) is 0.0304. The maximum Gasteiger partial charge on any atom is 0.306 e. The van der Waals surface area contributed by atoms with Gasteiger partial charge in [-0.25, -0.2) is 0 Å². The number of carbonyl (C=O) groups excluding carboxylic acids is 2. The summed E-state index contributed by atoms with van der Waals surface area (Å²) in [6.45, 7) is 3.38. The Morgan fingerprint density at radius 3 is 1.56 bits per heavy atom. The minimum Gasteiger partial charge on any atom is -0.462 e. The van der Waals surface area contributed by atoms with E-state index in [4.69, 9.17) is 18.9 Å². The number of allylic oxidation sites excluding steroid dienone is 2. The van der Waals surface area contributed by atoms with E-state index in [1.165, 1.54) is 89.9 Å². The van der Waals surface area contributed by atoms with Crippen molar-refractivity contribution in [3.05, 3.63) is 12.2 Å². The van der Waals surface area contributed by atoms with E-state index in [0.29, 0.717) is 6.42 Å². The first-order chi connectivity index (χ1) is 24.3. The lowest BCUT2D eigenvalue weighted by Crippen LogP contribution is -2.59. The minimum absolute atomic E-state index is 0.216. The number of hydrogen-bond acceptors (Lipinski definition) is 10. The third-order valence-electron chi connectivity index (χ3n) is 9.40. The van der Waals surface area contributed by atoms with E-state index < -0.39 is 49.4 Å². The van der Waals surface area contributed by atoms with E-state index in [0.717, 1.165) is 51.4 Å². The highest BCUT2D eigenvalue weighted by atomic mass is 16.7. The summed E-state index contributed by atoms with van der Waals surface area (Å²) in [6, 6.07) is 0. The molecule has 1 rings (SSSR count). The van der Waals surface area contributed by atoms with Gasteiger partial charge in [-0.15, -0.1) is 0 Å². The van der Waals surface area contributed by atoms with E-state index in [-0.39, 0.29) is 32.0 Å². The van der Waals surface area contributed by atoms with E-state index in [1.807, 2.05) is 0 Å². The molecule has 0 radical (unpaired) electrons. The zero-order chi connectivity index (χ0) is 36.7. The molecule has 0 amide bonds. The van der Waals surface area contributed by atoms with Crippen LogP contribution in [0, 0.1) is 0 Å². The number of rotatable bonds is 33. The van der Waals surface area contributed by atoms with Crippen LogP contribution in [0.25, 0.3) is 0 Å². The summed E-state index contributed by atoms with van der Waals surface area (Å²) in [5.74, 6) is -0.815. The van der Waals surface area contributed by atoms with Gasteiger partial charge in [0.15, 0.2) is 12.4 Å². The van der Waals surface area contributed by atoms with Crippen LogP contribution < -0.4 is 0 Å². The fourth-order valence-corrected chi connectivity index (χ4v) is 6.12. The molecule has 6 unspecified atom stereocenters. The standard InChI is InChI=1S/C40H74O10/c1-3-5-7-9-11-13-14-15-16-17-18-19-21-23-25-27-29-36(43)49-33(32-48-40-39(46)38(45)37(44)34(30-41)50-40)31-47-35(42)28-26-24-22-20-12-10-8-6-4-2/h16-17,33-34,37-41,44-46H,3-15,18-32H2,1-2H3/b17-16-. The van der Waals surface area contributed by atoms with E-state index in [2.05, 4.69) is 26.0 Å². The maximum atomic E-state index is 12.7. The summed E-state index contributed by atoms with van der Waals surface area (Å²) >= 11 is 0. The molecule has 0 aromatic rings. The Bertz CT molecular complexity index is 835. The van der Waals surface area contributed by atoms with Crippen molar-refractivity contribution in [2.75, 3.05) is 19.8 Å². The lowest BCUT2D eigenvalue weighted by Gasteiger charge is -2.39. The predicted octanol–water partition coefficient (Wildman–Crippen LogP) is 7.61. The summed E-state index contributed by atoms with van der Waals surface area (Å²) in [5.41, 5.74) is 0. The Hall–Kier alpha value is -1.56. The van der Waals surface area contributed by atoms with Crippen molar-refractivity contribution in [3.63, 3.8) is 0 Å². The van der Waals surface area contributed by atoms with Gasteiger partial charge < -0.3 is 39.4 Å². The first kappa shape index (κ1) is 46.5. The van der Waals surface area contributed by atoms with Crippen LogP contribution in [0.2, 0.25) is 0 Å². The summed E-state index contributed by atoms with van der Waals surface area (Å²) in [7, 11) is 0. The second-order valence-electron chi connectivity index (χ2n) is 14.1. The molecule has 0 bridgehead atoms. The van der Waals surface area contributed by atoms with Crippen molar-refractivity contribution < 1.29 is 49.0 Å². The molecule has 0 aromatic carbocycles. The molecule has 294 valence electrons. The fraction of sp³-hybridized carbons (Fsp3) is 0.900. The predicted molar refractivity (Wildman–Crippen MR) is 196 cm³/mol. The molecule has 10 heteroatoms. The van der Waals surface area contributed by atoms with Gasteiger partial charge in [0, 0.05) is 12.8 Å². The van der Waals surface area contributed by atoms with Gasteiger partial charge in [0.25, 0.3) is 0 Å². The molecule has 1 aliphatic rings. The van der Waals surface area contributed by atoms with Gasteiger partial charge in [-0.2, -0.15) is 0 Å². The topological polar surface area (TPSA) is 152 Å². The molecule has 4 N–H and O–H groups in total. The Balaban J connectivity index is 2.36. The molecular formula is C40H74O10. The van der Waals surface area contributed by atoms with E-state index in [1.54, 1.807) is 0 Å². The zero-order valence-corrected chi connectivity index (χ0v) is 31.7. The second kappa shape index (κ2) is 32.1. The second-order valence-corrected chi connectivity index (χ2v) is 14.1. The van der Waals surface area contributed by atoms with E-state index >= 15 is 0 Å². The molecular weight excluding hydrogens is 640 g/mol. The first-order valence-electron chi connectivity index (χ1n) is 20.3. The number of ether oxygens (including phenoxy) is 4. The highest BCUT2D eigenvalue weighted by Crippen LogP contribution is 2.22. The SMILES string of the molecule is CCCCCCCCC/C=C\CCCCCCCC(=O)OC(COC(=O)CCCCCCCCCCC)COC1OC(CO)C(O)C(O)C1O. The van der Waals surface area contributed by atoms with Gasteiger partial charge in [0.1, 0.15) is 31.0 Å². The van der Waals surface area contributed by atoms with Gasteiger partial charge in [0.05, 0.1) is 13.2 Å². The van der Waals surface area contributed by atoms with Crippen LogP contribution in [0.15, 0.2) is 12.2 Å². The number of aliphatic hydroxyl groups excluding tert-OH is 4. The summed E-state index contributed by atoms with van der Waals surface area (Å²) in [5, 5.41) is 39.9. The Labute approximate surface area is 303 Å². The van der Waals surface area contributed by atoms with Crippen LogP contribution in [0.3, 0.4) is 0 Å². The molecule has 0 aliphatic carbocycles. The van der Waals surface area contributed by atoms with Crippen molar-refractivity contribution >= 4 is 11.9 Å². The highest BCUT2D eigenvalue weighted by Gasteiger charge is 2.44. The van der Waals surface area contributed by atoms with Crippen molar-refractivity contribution in [1.29, 1.82) is 0 Å². The molecule has 0 aromatic heterocycles. The highest BCUT2D eigenvalue weighted by molar-refractivity contribution is 5.70. The molecule has 1 fully saturated rings.